The highest BCUT2D eigenvalue weighted by atomic mass is 32.2. The van der Waals surface area contributed by atoms with Crippen molar-refractivity contribution in [2.75, 3.05) is 6.61 Å². The summed E-state index contributed by atoms with van der Waals surface area (Å²) in [5.74, 6) is -0.260. The molecule has 19 heavy (non-hydrogen) atoms. The minimum Gasteiger partial charge on any atom is -0.465 e. The lowest BCUT2D eigenvalue weighted by atomic mass is 10.0. The van der Waals surface area contributed by atoms with Crippen LogP contribution in [-0.4, -0.2) is 22.4 Å². The predicted octanol–water partition coefficient (Wildman–Crippen LogP) is 4.34. The van der Waals surface area contributed by atoms with Gasteiger partial charge in [-0.1, -0.05) is 57.2 Å². The van der Waals surface area contributed by atoms with E-state index < -0.39 is 4.75 Å². The molecule has 0 fully saturated rings. The number of carbonyl (C=O) groups is 2. The topological polar surface area (TPSA) is 43.4 Å². The molecule has 0 aliphatic carbocycles. The van der Waals surface area contributed by atoms with Gasteiger partial charge in [-0.05, 0) is 20.3 Å². The lowest BCUT2D eigenvalue weighted by Gasteiger charge is -2.25. The molecule has 1 atom stereocenters. The number of hydrogen-bond acceptors (Lipinski definition) is 4. The summed E-state index contributed by atoms with van der Waals surface area (Å²) in [6.45, 7) is 7.68. The molecule has 0 radical (unpaired) electrons. The maximum absolute atomic E-state index is 12.0. The fourth-order valence-electron chi connectivity index (χ4n) is 2.04. The fraction of sp³-hybridized carbons (Fsp3) is 0.867. The zero-order chi connectivity index (χ0) is 14.7. The molecule has 0 saturated heterocycles. The van der Waals surface area contributed by atoms with E-state index in [1.54, 1.807) is 6.92 Å². The van der Waals surface area contributed by atoms with Crippen LogP contribution in [0, 0.1) is 0 Å². The van der Waals surface area contributed by atoms with E-state index in [0.29, 0.717) is 13.0 Å². The molecular formula is C15H28O3S. The van der Waals surface area contributed by atoms with Gasteiger partial charge in [-0.25, -0.2) is 0 Å². The number of carbonyl (C=O) groups excluding carboxylic acids is 2. The van der Waals surface area contributed by atoms with Crippen molar-refractivity contribution in [3.05, 3.63) is 0 Å². The minimum absolute atomic E-state index is 0.0264. The Morgan fingerprint density at radius 1 is 1.05 bits per heavy atom. The van der Waals surface area contributed by atoms with E-state index >= 15 is 0 Å². The standard InChI is InChI=1S/C15H28O3S/c1-5-7-8-9-10-11-12-15(4,19-13(3)16)14(17)18-6-2/h5-12H2,1-4H3. The second-order valence-corrected chi connectivity index (χ2v) is 6.74. The number of hydrogen-bond donors (Lipinski definition) is 0. The molecule has 0 aliphatic rings. The molecule has 4 heteroatoms. The van der Waals surface area contributed by atoms with Crippen molar-refractivity contribution in [3.63, 3.8) is 0 Å². The Morgan fingerprint density at radius 3 is 2.16 bits per heavy atom. The molecule has 0 bridgehead atoms. The van der Waals surface area contributed by atoms with E-state index in [2.05, 4.69) is 6.92 Å². The fourth-order valence-corrected chi connectivity index (χ4v) is 3.06. The van der Waals surface area contributed by atoms with Gasteiger partial charge < -0.3 is 4.74 Å². The van der Waals surface area contributed by atoms with E-state index in [0.717, 1.165) is 24.6 Å². The molecular weight excluding hydrogens is 260 g/mol. The molecule has 0 aromatic rings. The Labute approximate surface area is 121 Å². The summed E-state index contributed by atoms with van der Waals surface area (Å²) in [5, 5.41) is -0.0264. The van der Waals surface area contributed by atoms with Gasteiger partial charge >= 0.3 is 5.97 Å². The molecule has 0 spiro atoms. The quantitative estimate of drug-likeness (QED) is 0.443. The average molecular weight is 288 g/mol. The maximum Gasteiger partial charge on any atom is 0.322 e. The second-order valence-electron chi connectivity index (χ2n) is 5.06. The van der Waals surface area contributed by atoms with Crippen LogP contribution < -0.4 is 0 Å². The first-order valence-corrected chi connectivity index (χ1v) is 8.14. The van der Waals surface area contributed by atoms with Gasteiger partial charge in [0.1, 0.15) is 4.75 Å². The van der Waals surface area contributed by atoms with Crippen LogP contribution in [0.15, 0.2) is 0 Å². The summed E-state index contributed by atoms with van der Waals surface area (Å²) in [6, 6.07) is 0. The van der Waals surface area contributed by atoms with Gasteiger partial charge in [0, 0.05) is 6.92 Å². The van der Waals surface area contributed by atoms with E-state index in [1.807, 2.05) is 6.92 Å². The number of ether oxygens (including phenoxy) is 1. The van der Waals surface area contributed by atoms with Crippen molar-refractivity contribution >= 4 is 22.8 Å². The van der Waals surface area contributed by atoms with Gasteiger partial charge in [-0.15, -0.1) is 0 Å². The Kier molecular flexibility index (Phi) is 10.0. The smallest absolute Gasteiger partial charge is 0.322 e. The third-order valence-electron chi connectivity index (χ3n) is 3.08. The van der Waals surface area contributed by atoms with Crippen molar-refractivity contribution in [1.82, 2.24) is 0 Å². The van der Waals surface area contributed by atoms with Crippen molar-refractivity contribution in [2.24, 2.45) is 0 Å². The lowest BCUT2D eigenvalue weighted by molar-refractivity contribution is -0.146. The molecule has 0 amide bonds. The Balaban J connectivity index is 4.19. The van der Waals surface area contributed by atoms with E-state index in [-0.39, 0.29) is 11.1 Å². The van der Waals surface area contributed by atoms with Crippen molar-refractivity contribution in [3.8, 4) is 0 Å². The maximum atomic E-state index is 12.0. The van der Waals surface area contributed by atoms with Crippen molar-refractivity contribution in [2.45, 2.75) is 77.4 Å². The van der Waals surface area contributed by atoms with E-state index in [9.17, 15) is 9.59 Å². The predicted molar refractivity (Wildman–Crippen MR) is 81.3 cm³/mol. The Hall–Kier alpha value is -0.510. The molecule has 0 aliphatic heterocycles. The third-order valence-corrected chi connectivity index (χ3v) is 4.19. The highest BCUT2D eigenvalue weighted by Gasteiger charge is 2.36. The molecule has 0 heterocycles. The molecule has 0 aromatic heterocycles. The summed E-state index contributed by atoms with van der Waals surface area (Å²) in [5.41, 5.74) is 0. The van der Waals surface area contributed by atoms with Crippen LogP contribution in [-0.2, 0) is 14.3 Å². The van der Waals surface area contributed by atoms with E-state index in [1.165, 1.54) is 32.6 Å². The summed E-state index contributed by atoms with van der Waals surface area (Å²) in [7, 11) is 0. The van der Waals surface area contributed by atoms with Crippen molar-refractivity contribution < 1.29 is 14.3 Å². The van der Waals surface area contributed by atoms with E-state index in [4.69, 9.17) is 4.74 Å². The Bertz CT molecular complexity index is 279. The van der Waals surface area contributed by atoms with Crippen LogP contribution in [0.4, 0.5) is 0 Å². The van der Waals surface area contributed by atoms with Gasteiger partial charge in [-0.3, -0.25) is 9.59 Å². The van der Waals surface area contributed by atoms with Gasteiger partial charge in [0.05, 0.1) is 6.61 Å². The molecule has 0 aromatic carbocycles. The zero-order valence-electron chi connectivity index (χ0n) is 12.8. The van der Waals surface area contributed by atoms with Crippen LogP contribution in [0.25, 0.3) is 0 Å². The second kappa shape index (κ2) is 10.3. The first kappa shape index (κ1) is 18.5. The number of esters is 1. The van der Waals surface area contributed by atoms with Gasteiger partial charge in [-0.2, -0.15) is 0 Å². The van der Waals surface area contributed by atoms with Crippen molar-refractivity contribution in [1.29, 1.82) is 0 Å². The van der Waals surface area contributed by atoms with Crippen LogP contribution >= 0.6 is 11.8 Å². The van der Waals surface area contributed by atoms with Crippen LogP contribution in [0.1, 0.15) is 72.6 Å². The molecule has 0 saturated carbocycles. The molecule has 3 nitrogen and oxygen atoms in total. The van der Waals surface area contributed by atoms with Gasteiger partial charge in [0.15, 0.2) is 5.12 Å². The van der Waals surface area contributed by atoms with Crippen LogP contribution in [0.2, 0.25) is 0 Å². The zero-order valence-corrected chi connectivity index (χ0v) is 13.6. The molecule has 0 rings (SSSR count). The monoisotopic (exact) mass is 288 g/mol. The third kappa shape index (κ3) is 8.30. The highest BCUT2D eigenvalue weighted by Crippen LogP contribution is 2.33. The SMILES string of the molecule is CCCCCCCCC(C)(SC(C)=O)C(=O)OCC. The average Bonchev–Trinajstić information content (AvgIpc) is 2.33. The summed E-state index contributed by atoms with van der Waals surface area (Å²) < 4.78 is 4.38. The normalized spacial score (nSPS) is 13.9. The summed E-state index contributed by atoms with van der Waals surface area (Å²) in [4.78, 5) is 23.3. The first-order valence-electron chi connectivity index (χ1n) is 7.33. The molecule has 1 unspecified atom stereocenters. The minimum atomic E-state index is -0.716. The largest absolute Gasteiger partial charge is 0.465 e. The lowest BCUT2D eigenvalue weighted by Crippen LogP contribution is -2.34. The number of thioether (sulfide) groups is 1. The van der Waals surface area contributed by atoms with Gasteiger partial charge in [0.2, 0.25) is 0 Å². The Morgan fingerprint density at radius 2 is 1.63 bits per heavy atom. The number of unbranched alkanes of at least 4 members (excludes halogenated alkanes) is 5. The highest BCUT2D eigenvalue weighted by molar-refractivity contribution is 8.15. The van der Waals surface area contributed by atoms with Crippen LogP contribution in [0.3, 0.4) is 0 Å². The number of rotatable bonds is 10. The molecule has 0 N–H and O–H groups in total. The summed E-state index contributed by atoms with van der Waals surface area (Å²) in [6.07, 6.45) is 7.77. The van der Waals surface area contributed by atoms with Crippen LogP contribution in [0.5, 0.6) is 0 Å². The van der Waals surface area contributed by atoms with Gasteiger partial charge in [0.25, 0.3) is 0 Å². The summed E-state index contributed by atoms with van der Waals surface area (Å²) >= 11 is 1.10. The molecule has 112 valence electrons. The first-order chi connectivity index (χ1) is 8.96.